The van der Waals surface area contributed by atoms with Crippen LogP contribution in [-0.2, 0) is 0 Å². The molecule has 0 atom stereocenters. The van der Waals surface area contributed by atoms with E-state index in [0.29, 0.717) is 11.5 Å². The van der Waals surface area contributed by atoms with E-state index < -0.39 is 0 Å². The minimum atomic E-state index is -0.386. The minimum Gasteiger partial charge on any atom is -0.398 e. The van der Waals surface area contributed by atoms with Crippen molar-refractivity contribution in [2.75, 3.05) is 16.4 Å². The molecular formula is C23H17Br2N7O. The summed E-state index contributed by atoms with van der Waals surface area (Å²) in [5.74, 6) is 0.384. The highest BCUT2D eigenvalue weighted by Gasteiger charge is 2.07. The first-order valence-corrected chi connectivity index (χ1v) is 11.3. The Kier molecular flexibility index (Phi) is 7.06. The fraction of sp³-hybridized carbons (Fsp3) is 0. The first-order valence-electron chi connectivity index (χ1n) is 9.67. The number of nitrogens with zero attached hydrogens (tertiary/aromatic N) is 4. The van der Waals surface area contributed by atoms with Gasteiger partial charge < -0.3 is 11.1 Å². The molecular weight excluding hydrogens is 550 g/mol. The number of hydrogen-bond donors (Lipinski definition) is 3. The number of halogens is 2. The lowest BCUT2D eigenvalue weighted by Gasteiger charge is -2.09. The van der Waals surface area contributed by atoms with Crippen LogP contribution in [0.25, 0.3) is 21.8 Å². The van der Waals surface area contributed by atoms with E-state index in [1.807, 2.05) is 36.4 Å². The zero-order valence-corrected chi connectivity index (χ0v) is 20.2. The third kappa shape index (κ3) is 5.79. The Morgan fingerprint density at radius 3 is 2.12 bits per heavy atom. The van der Waals surface area contributed by atoms with E-state index in [1.165, 1.54) is 18.6 Å². The van der Waals surface area contributed by atoms with E-state index in [9.17, 15) is 4.79 Å². The van der Waals surface area contributed by atoms with Gasteiger partial charge in [0, 0.05) is 50.2 Å². The number of hydrogen-bond acceptors (Lipinski definition) is 6. The quantitative estimate of drug-likeness (QED) is 0.241. The number of pyridine rings is 2. The third-order valence-electron chi connectivity index (χ3n) is 4.49. The van der Waals surface area contributed by atoms with Crippen molar-refractivity contribution in [3.63, 3.8) is 0 Å². The molecule has 5 rings (SSSR count). The van der Waals surface area contributed by atoms with Crippen molar-refractivity contribution < 1.29 is 4.79 Å². The molecule has 0 bridgehead atoms. The van der Waals surface area contributed by atoms with E-state index in [0.717, 1.165) is 36.4 Å². The lowest BCUT2D eigenvalue weighted by Crippen LogP contribution is -2.20. The summed E-state index contributed by atoms with van der Waals surface area (Å²) in [5.41, 5.74) is 8.93. The number of carbonyl (C=O) groups excluding carboxylic acids is 1. The molecule has 0 aliphatic rings. The van der Waals surface area contributed by atoms with E-state index in [4.69, 9.17) is 5.73 Å². The van der Waals surface area contributed by atoms with Gasteiger partial charge >= 0.3 is 6.03 Å². The summed E-state index contributed by atoms with van der Waals surface area (Å²) in [6, 6.07) is 14.7. The molecule has 0 aliphatic heterocycles. The Balaban J connectivity index is 0.000000183. The molecule has 0 unspecified atom stereocenters. The maximum absolute atomic E-state index is 12.0. The Morgan fingerprint density at radius 2 is 1.42 bits per heavy atom. The molecule has 4 N–H and O–H groups in total. The van der Waals surface area contributed by atoms with Gasteiger partial charge in [-0.05, 0) is 48.5 Å². The zero-order valence-electron chi connectivity index (χ0n) is 17.0. The molecule has 33 heavy (non-hydrogen) atoms. The molecule has 2 amide bonds. The average molecular weight is 567 g/mol. The average Bonchev–Trinajstić information content (AvgIpc) is 2.81. The number of aromatic nitrogens is 4. The minimum absolute atomic E-state index is 0.384. The molecule has 164 valence electrons. The number of urea groups is 1. The summed E-state index contributed by atoms with van der Waals surface area (Å²) in [5, 5.41) is 7.24. The molecule has 8 nitrogen and oxygen atoms in total. The largest absolute Gasteiger partial charge is 0.398 e. The van der Waals surface area contributed by atoms with Crippen LogP contribution in [0.3, 0.4) is 0 Å². The smallest absolute Gasteiger partial charge is 0.324 e. The van der Waals surface area contributed by atoms with Gasteiger partial charge in [-0.3, -0.25) is 20.3 Å². The van der Waals surface area contributed by atoms with Crippen molar-refractivity contribution in [2.24, 2.45) is 0 Å². The van der Waals surface area contributed by atoms with Crippen molar-refractivity contribution in [3.8, 4) is 0 Å². The van der Waals surface area contributed by atoms with Crippen molar-refractivity contribution in [2.45, 2.75) is 0 Å². The van der Waals surface area contributed by atoms with Crippen molar-refractivity contribution in [1.29, 1.82) is 0 Å². The van der Waals surface area contributed by atoms with E-state index in [2.05, 4.69) is 62.4 Å². The Bertz CT molecular complexity index is 1430. The van der Waals surface area contributed by atoms with Crippen LogP contribution in [0.2, 0.25) is 0 Å². The van der Waals surface area contributed by atoms with E-state index >= 15 is 0 Å². The summed E-state index contributed by atoms with van der Waals surface area (Å²) < 4.78 is 1.94. The number of nitrogens with one attached hydrogen (secondary N) is 2. The Labute approximate surface area is 205 Å². The van der Waals surface area contributed by atoms with Gasteiger partial charge in [-0.2, -0.15) is 0 Å². The van der Waals surface area contributed by atoms with Gasteiger partial charge in [0.1, 0.15) is 0 Å². The van der Waals surface area contributed by atoms with Gasteiger partial charge in [0.2, 0.25) is 0 Å². The molecule has 2 aromatic carbocycles. The molecule has 0 saturated carbocycles. The summed E-state index contributed by atoms with van der Waals surface area (Å²) in [6.07, 6.45) is 7.88. The summed E-state index contributed by atoms with van der Waals surface area (Å²) in [6.45, 7) is 0. The number of nitrogens with two attached hydrogens (primary N) is 1. The van der Waals surface area contributed by atoms with Crippen LogP contribution in [-0.4, -0.2) is 26.0 Å². The normalized spacial score (nSPS) is 10.4. The number of nitrogen functional groups attached to an aromatic ring is 1. The van der Waals surface area contributed by atoms with Gasteiger partial charge in [0.05, 0.1) is 22.9 Å². The maximum Gasteiger partial charge on any atom is 0.324 e. The van der Waals surface area contributed by atoms with Crippen LogP contribution >= 0.6 is 31.9 Å². The lowest BCUT2D eigenvalue weighted by atomic mass is 10.2. The van der Waals surface area contributed by atoms with Crippen molar-refractivity contribution in [3.05, 3.63) is 88.5 Å². The fourth-order valence-electron chi connectivity index (χ4n) is 3.00. The predicted octanol–water partition coefficient (Wildman–Crippen LogP) is 6.01. The molecule has 3 heterocycles. The number of carbonyl (C=O) groups is 1. The second-order valence-corrected chi connectivity index (χ2v) is 8.58. The van der Waals surface area contributed by atoms with Gasteiger partial charge in [-0.25, -0.2) is 9.78 Å². The molecule has 0 fully saturated rings. The number of amides is 2. The van der Waals surface area contributed by atoms with Crippen LogP contribution in [0.1, 0.15) is 0 Å². The Hall–Kier alpha value is -3.63. The van der Waals surface area contributed by atoms with Gasteiger partial charge in [-0.15, -0.1) is 0 Å². The molecule has 10 heteroatoms. The number of fused-ring (bicyclic) bond motifs is 2. The monoisotopic (exact) mass is 565 g/mol. The summed E-state index contributed by atoms with van der Waals surface area (Å²) in [7, 11) is 0. The first-order chi connectivity index (χ1) is 16.0. The predicted molar refractivity (Wildman–Crippen MR) is 138 cm³/mol. The van der Waals surface area contributed by atoms with Crippen LogP contribution in [0.15, 0.2) is 88.5 Å². The van der Waals surface area contributed by atoms with Crippen LogP contribution in [0, 0.1) is 0 Å². The SMILES string of the molecule is Nc1ccnc2ccc(Br)cc12.O=C(Nc1cnccn1)Nc1ccnc2ccc(Br)cc12. The molecule has 5 aromatic rings. The van der Waals surface area contributed by atoms with Crippen molar-refractivity contribution in [1.82, 2.24) is 19.9 Å². The van der Waals surface area contributed by atoms with Crippen LogP contribution < -0.4 is 16.4 Å². The molecule has 0 spiro atoms. The summed E-state index contributed by atoms with van der Waals surface area (Å²) >= 11 is 6.80. The first kappa shape index (κ1) is 22.6. The van der Waals surface area contributed by atoms with Crippen LogP contribution in [0.4, 0.5) is 22.0 Å². The van der Waals surface area contributed by atoms with Gasteiger partial charge in [0.25, 0.3) is 0 Å². The Morgan fingerprint density at radius 1 is 0.758 bits per heavy atom. The second-order valence-electron chi connectivity index (χ2n) is 6.75. The zero-order chi connectivity index (χ0) is 23.2. The highest BCUT2D eigenvalue weighted by Crippen LogP contribution is 2.25. The van der Waals surface area contributed by atoms with Crippen LogP contribution in [0.5, 0.6) is 0 Å². The van der Waals surface area contributed by atoms with Gasteiger partial charge in [0.15, 0.2) is 5.82 Å². The topological polar surface area (TPSA) is 119 Å². The number of benzene rings is 2. The van der Waals surface area contributed by atoms with E-state index in [-0.39, 0.29) is 6.03 Å². The molecule has 0 radical (unpaired) electrons. The standard InChI is InChI=1S/C14H10BrN5O.C9H7BrN2/c15-9-1-2-11-10(7-9)12(3-4-17-11)19-14(21)20-13-8-16-5-6-18-13;10-6-1-2-9-7(5-6)8(11)3-4-12-9/h1-8H,(H2,17,18,19,20,21);1-5H,(H2,11,12). The van der Waals surface area contributed by atoms with Gasteiger partial charge in [-0.1, -0.05) is 31.9 Å². The van der Waals surface area contributed by atoms with Crippen molar-refractivity contribution >= 4 is 76.9 Å². The highest BCUT2D eigenvalue weighted by atomic mass is 79.9. The fourth-order valence-corrected chi connectivity index (χ4v) is 3.72. The third-order valence-corrected chi connectivity index (χ3v) is 5.48. The highest BCUT2D eigenvalue weighted by molar-refractivity contribution is 9.10. The second kappa shape index (κ2) is 10.3. The number of anilines is 3. The number of rotatable bonds is 2. The molecule has 0 aliphatic carbocycles. The molecule has 0 saturated heterocycles. The van der Waals surface area contributed by atoms with E-state index in [1.54, 1.807) is 24.5 Å². The summed E-state index contributed by atoms with van der Waals surface area (Å²) in [4.78, 5) is 28.3. The maximum atomic E-state index is 12.0. The molecule has 3 aromatic heterocycles. The lowest BCUT2D eigenvalue weighted by molar-refractivity contribution is 0.262.